The molecule has 0 amide bonds. The molecule has 0 saturated carbocycles. The Hall–Kier alpha value is -0.120. The van der Waals surface area contributed by atoms with Gasteiger partial charge in [0.15, 0.2) is 0 Å². The van der Waals surface area contributed by atoms with Crippen LogP contribution in [0.15, 0.2) is 0 Å². The largest absolute Gasteiger partial charge is 0.376 e. The molecule has 0 aromatic carbocycles. The van der Waals surface area contributed by atoms with Crippen LogP contribution in [0.4, 0.5) is 0 Å². The summed E-state index contributed by atoms with van der Waals surface area (Å²) in [6.07, 6.45) is 22.9. The topological polar surface area (TPSA) is 21.3 Å². The molecule has 3 heteroatoms. The highest BCUT2D eigenvalue weighted by atomic mass is 16.5. The molecule has 0 radical (unpaired) electrons. The van der Waals surface area contributed by atoms with Crippen LogP contribution in [0.25, 0.3) is 0 Å². The highest BCUT2D eigenvalue weighted by molar-refractivity contribution is 4.55. The van der Waals surface area contributed by atoms with Gasteiger partial charge in [0.25, 0.3) is 0 Å². The van der Waals surface area contributed by atoms with Crippen molar-refractivity contribution in [2.24, 2.45) is 0 Å². The Morgan fingerprint density at radius 3 is 1.50 bits per heavy atom. The minimum Gasteiger partial charge on any atom is -0.376 e. The van der Waals surface area contributed by atoms with Crippen molar-refractivity contribution < 1.29 is 9.22 Å². The second-order valence-corrected chi connectivity index (χ2v) is 9.46. The summed E-state index contributed by atoms with van der Waals surface area (Å²) in [6, 6.07) is 0. The molecule has 1 fully saturated rings. The van der Waals surface area contributed by atoms with Gasteiger partial charge in [-0.2, -0.15) is 0 Å². The van der Waals surface area contributed by atoms with Gasteiger partial charge in [-0.1, -0.05) is 103 Å². The maximum absolute atomic E-state index is 5.88. The maximum atomic E-state index is 5.88. The van der Waals surface area contributed by atoms with Gasteiger partial charge in [-0.3, -0.25) is 0 Å². The normalized spacial score (nSPS) is 16.5. The number of rotatable bonds is 20. The van der Waals surface area contributed by atoms with Gasteiger partial charge in [0, 0.05) is 19.7 Å². The average Bonchev–Trinajstić information content (AvgIpc) is 2.70. The molecule has 168 valence electrons. The fourth-order valence-electron chi connectivity index (χ4n) is 4.30. The van der Waals surface area contributed by atoms with Gasteiger partial charge in [-0.15, -0.1) is 0 Å². The van der Waals surface area contributed by atoms with Crippen molar-refractivity contribution in [2.45, 2.75) is 110 Å². The Bertz CT molecular complexity index is 316. The molecular formula is C25H53N2O+. The summed E-state index contributed by atoms with van der Waals surface area (Å²) in [5, 5.41) is 3.45. The lowest BCUT2D eigenvalue weighted by Gasteiger charge is -2.37. The van der Waals surface area contributed by atoms with E-state index < -0.39 is 0 Å². The zero-order valence-electron chi connectivity index (χ0n) is 19.6. The highest BCUT2D eigenvalue weighted by Crippen LogP contribution is 2.13. The molecule has 0 aromatic rings. The predicted octanol–water partition coefficient (Wildman–Crippen LogP) is 6.31. The lowest BCUT2D eigenvalue weighted by Crippen LogP contribution is -2.57. The molecule has 0 bridgehead atoms. The quantitative estimate of drug-likeness (QED) is 0.192. The van der Waals surface area contributed by atoms with Gasteiger partial charge >= 0.3 is 0 Å². The molecule has 1 rings (SSSR count). The van der Waals surface area contributed by atoms with E-state index >= 15 is 0 Å². The molecule has 0 spiro atoms. The third-order valence-corrected chi connectivity index (χ3v) is 6.57. The zero-order valence-corrected chi connectivity index (χ0v) is 19.6. The van der Waals surface area contributed by atoms with Crippen LogP contribution in [0.2, 0.25) is 0 Å². The number of ether oxygens (including phenoxy) is 1. The number of unbranched alkanes of at least 4 members (excludes halogenated alkanes) is 15. The highest BCUT2D eigenvalue weighted by Gasteiger charge is 2.23. The number of piperazine rings is 1. The van der Waals surface area contributed by atoms with E-state index in [-0.39, 0.29) is 0 Å². The zero-order chi connectivity index (χ0) is 20.2. The van der Waals surface area contributed by atoms with Crippen molar-refractivity contribution in [3.8, 4) is 0 Å². The summed E-state index contributed by atoms with van der Waals surface area (Å²) in [4.78, 5) is 0. The van der Waals surface area contributed by atoms with E-state index in [0.29, 0.717) is 0 Å². The van der Waals surface area contributed by atoms with Gasteiger partial charge in [0.1, 0.15) is 6.54 Å². The van der Waals surface area contributed by atoms with Crippen molar-refractivity contribution >= 4 is 0 Å². The Kier molecular flexibility index (Phi) is 17.5. The first-order valence-corrected chi connectivity index (χ1v) is 12.9. The number of likely N-dealkylation sites (N-methyl/N-ethyl adjacent to an activating group) is 1. The second kappa shape index (κ2) is 18.9. The molecule has 1 heterocycles. The lowest BCUT2D eigenvalue weighted by atomic mass is 10.0. The van der Waals surface area contributed by atoms with Crippen LogP contribution in [0.5, 0.6) is 0 Å². The molecule has 0 unspecified atom stereocenters. The first-order chi connectivity index (χ1) is 13.8. The van der Waals surface area contributed by atoms with Gasteiger partial charge in [0.05, 0.1) is 26.7 Å². The summed E-state index contributed by atoms with van der Waals surface area (Å²) in [5.41, 5.74) is 0. The summed E-state index contributed by atoms with van der Waals surface area (Å²) in [6.45, 7) is 10.2. The minimum absolute atomic E-state index is 0.940. The molecule has 0 aromatic heterocycles. The molecule has 1 aliphatic heterocycles. The van der Waals surface area contributed by atoms with Crippen LogP contribution in [-0.2, 0) is 4.74 Å². The Morgan fingerprint density at radius 2 is 1.04 bits per heavy atom. The van der Waals surface area contributed by atoms with Crippen molar-refractivity contribution in [1.82, 2.24) is 5.32 Å². The van der Waals surface area contributed by atoms with Crippen LogP contribution in [0.3, 0.4) is 0 Å². The van der Waals surface area contributed by atoms with E-state index in [1.165, 1.54) is 127 Å². The van der Waals surface area contributed by atoms with Crippen LogP contribution in [0, 0.1) is 0 Å². The van der Waals surface area contributed by atoms with Crippen LogP contribution >= 0.6 is 0 Å². The molecule has 3 nitrogen and oxygen atoms in total. The van der Waals surface area contributed by atoms with Crippen LogP contribution in [-0.4, -0.2) is 57.5 Å². The third kappa shape index (κ3) is 15.8. The number of nitrogens with one attached hydrogen (secondary N) is 1. The van der Waals surface area contributed by atoms with Gasteiger partial charge in [-0.25, -0.2) is 0 Å². The van der Waals surface area contributed by atoms with Crippen LogP contribution in [0.1, 0.15) is 110 Å². The predicted molar refractivity (Wildman–Crippen MR) is 124 cm³/mol. The molecule has 1 N–H and O–H groups in total. The van der Waals surface area contributed by atoms with Gasteiger partial charge in [0.2, 0.25) is 0 Å². The fraction of sp³-hybridized carbons (Fsp3) is 1.00. The summed E-state index contributed by atoms with van der Waals surface area (Å²) < 4.78 is 7.07. The minimum atomic E-state index is 0.940. The molecule has 1 saturated heterocycles. The maximum Gasteiger partial charge on any atom is 0.102 e. The lowest BCUT2D eigenvalue weighted by molar-refractivity contribution is -0.911. The summed E-state index contributed by atoms with van der Waals surface area (Å²) in [5.74, 6) is 0. The van der Waals surface area contributed by atoms with Crippen LogP contribution < -0.4 is 5.32 Å². The Labute approximate surface area is 177 Å². The molecule has 1 aliphatic rings. The molecular weight excluding hydrogens is 344 g/mol. The van der Waals surface area contributed by atoms with Crippen molar-refractivity contribution in [3.05, 3.63) is 0 Å². The third-order valence-electron chi connectivity index (χ3n) is 6.57. The number of hydrogen-bond acceptors (Lipinski definition) is 2. The summed E-state index contributed by atoms with van der Waals surface area (Å²) >= 11 is 0. The van der Waals surface area contributed by atoms with Gasteiger partial charge in [-0.05, 0) is 6.42 Å². The van der Waals surface area contributed by atoms with E-state index in [4.69, 9.17) is 4.74 Å². The Morgan fingerprint density at radius 1 is 0.607 bits per heavy atom. The number of hydrogen-bond donors (Lipinski definition) is 1. The molecule has 28 heavy (non-hydrogen) atoms. The monoisotopic (exact) mass is 397 g/mol. The van der Waals surface area contributed by atoms with E-state index in [0.717, 1.165) is 26.3 Å². The smallest absolute Gasteiger partial charge is 0.102 e. The number of nitrogens with zero attached hydrogens (tertiary/aromatic N) is 1. The molecule has 0 atom stereocenters. The standard InChI is InChI=1S/C25H53N2O/c1-3-4-5-6-7-8-9-10-11-12-13-14-15-16-17-18-24-28-25-23-27(2)21-19-26-20-22-27/h26H,3-25H2,1-2H3/q+1. The van der Waals surface area contributed by atoms with Crippen molar-refractivity contribution in [1.29, 1.82) is 0 Å². The SMILES string of the molecule is CCCCCCCCCCCCCCCCCCOCC[N+]1(C)CCNCC1. The average molecular weight is 398 g/mol. The number of quaternary nitrogens is 1. The van der Waals surface area contributed by atoms with Crippen molar-refractivity contribution in [2.75, 3.05) is 53.0 Å². The van der Waals surface area contributed by atoms with E-state index in [1.54, 1.807) is 0 Å². The Balaban J connectivity index is 1.69. The van der Waals surface area contributed by atoms with E-state index in [9.17, 15) is 0 Å². The van der Waals surface area contributed by atoms with E-state index in [1.807, 2.05) is 0 Å². The molecule has 0 aliphatic carbocycles. The first-order valence-electron chi connectivity index (χ1n) is 12.9. The first kappa shape index (κ1) is 25.9. The van der Waals surface area contributed by atoms with Gasteiger partial charge < -0.3 is 14.5 Å². The summed E-state index contributed by atoms with van der Waals surface area (Å²) in [7, 11) is 2.37. The fourth-order valence-corrected chi connectivity index (χ4v) is 4.30. The second-order valence-electron chi connectivity index (χ2n) is 9.46. The van der Waals surface area contributed by atoms with Crippen molar-refractivity contribution in [3.63, 3.8) is 0 Å². The van der Waals surface area contributed by atoms with E-state index in [2.05, 4.69) is 19.3 Å².